The molecule has 1 heterocycles. The number of hydrazine groups is 1. The van der Waals surface area contributed by atoms with Crippen LogP contribution < -0.4 is 16.6 Å². The van der Waals surface area contributed by atoms with Gasteiger partial charge in [0.05, 0.1) is 5.56 Å². The fourth-order valence-corrected chi connectivity index (χ4v) is 1.65. The molecule has 0 aliphatic heterocycles. The number of halogens is 3. The molecule has 106 valence electrons. The topological polar surface area (TPSA) is 63.0 Å². The van der Waals surface area contributed by atoms with Crippen molar-refractivity contribution in [2.24, 2.45) is 5.84 Å². The number of nitrogen functional groups attached to an aromatic ring is 1. The maximum atomic E-state index is 12.7. The highest BCUT2D eigenvalue weighted by Gasteiger charge is 2.31. The molecule has 0 amide bonds. The molecule has 0 atom stereocenters. The van der Waals surface area contributed by atoms with Crippen molar-refractivity contribution >= 4 is 11.6 Å². The number of hydrogen-bond donors (Lipinski definition) is 3. The summed E-state index contributed by atoms with van der Waals surface area (Å²) in [5.74, 6) is 5.19. The van der Waals surface area contributed by atoms with Gasteiger partial charge in [-0.3, -0.25) is 0 Å². The number of alkyl halides is 3. The molecule has 4 N–H and O–H groups in total. The van der Waals surface area contributed by atoms with Crippen LogP contribution in [0.15, 0.2) is 42.5 Å². The summed E-state index contributed by atoms with van der Waals surface area (Å²) >= 11 is 0. The molecule has 0 spiro atoms. The molecule has 2 aromatic rings. The van der Waals surface area contributed by atoms with Crippen LogP contribution in [-0.2, 0) is 12.7 Å². The lowest BCUT2D eigenvalue weighted by atomic mass is 10.2. The van der Waals surface area contributed by atoms with Crippen molar-refractivity contribution in [3.05, 3.63) is 53.6 Å². The fourth-order valence-electron chi connectivity index (χ4n) is 1.65. The molecule has 20 heavy (non-hydrogen) atoms. The zero-order chi connectivity index (χ0) is 14.6. The Morgan fingerprint density at radius 2 is 1.70 bits per heavy atom. The van der Waals surface area contributed by atoms with Gasteiger partial charge in [0.25, 0.3) is 0 Å². The lowest BCUT2D eigenvalue weighted by molar-refractivity contribution is -0.137. The van der Waals surface area contributed by atoms with E-state index < -0.39 is 11.7 Å². The van der Waals surface area contributed by atoms with Gasteiger partial charge in [0, 0.05) is 6.54 Å². The third-order valence-corrected chi connectivity index (χ3v) is 2.62. The van der Waals surface area contributed by atoms with Crippen molar-refractivity contribution in [1.29, 1.82) is 0 Å². The van der Waals surface area contributed by atoms with Gasteiger partial charge in [0.15, 0.2) is 0 Å². The Labute approximate surface area is 113 Å². The van der Waals surface area contributed by atoms with Crippen LogP contribution in [0.5, 0.6) is 0 Å². The lowest BCUT2D eigenvalue weighted by Gasteiger charge is -2.12. The van der Waals surface area contributed by atoms with Crippen LogP contribution in [-0.4, -0.2) is 4.98 Å². The van der Waals surface area contributed by atoms with E-state index >= 15 is 0 Å². The van der Waals surface area contributed by atoms with Crippen LogP contribution >= 0.6 is 0 Å². The summed E-state index contributed by atoms with van der Waals surface area (Å²) in [6.07, 6.45) is -4.45. The monoisotopic (exact) mass is 282 g/mol. The summed E-state index contributed by atoms with van der Waals surface area (Å²) in [7, 11) is 0. The normalized spacial score (nSPS) is 11.2. The SMILES string of the molecule is NNc1cc(C(F)(F)F)cc(NCc2ccccc2)n1. The molecule has 0 aliphatic rings. The first-order chi connectivity index (χ1) is 9.49. The standard InChI is InChI=1S/C13H13F3N4/c14-13(15,16)10-6-11(19-12(7-10)20-17)18-8-9-4-2-1-3-5-9/h1-7H,8,17H2,(H2,18,19,20). The van der Waals surface area contributed by atoms with Crippen molar-refractivity contribution in [3.63, 3.8) is 0 Å². The fraction of sp³-hybridized carbons (Fsp3) is 0.154. The molecule has 0 fully saturated rings. The molecule has 1 aromatic carbocycles. The number of nitrogens with zero attached hydrogens (tertiary/aromatic N) is 1. The molecule has 0 saturated heterocycles. The van der Waals surface area contributed by atoms with Gasteiger partial charge in [0.1, 0.15) is 11.6 Å². The second-order valence-corrected chi connectivity index (χ2v) is 4.11. The average Bonchev–Trinajstić information content (AvgIpc) is 2.45. The second kappa shape index (κ2) is 5.79. The average molecular weight is 282 g/mol. The lowest BCUT2D eigenvalue weighted by Crippen LogP contribution is -2.13. The Morgan fingerprint density at radius 3 is 2.30 bits per heavy atom. The summed E-state index contributed by atoms with van der Waals surface area (Å²) in [5.41, 5.74) is 2.26. The first-order valence-corrected chi connectivity index (χ1v) is 5.83. The molecule has 0 aliphatic carbocycles. The predicted molar refractivity (Wildman–Crippen MR) is 70.8 cm³/mol. The Hall–Kier alpha value is -2.28. The number of nitrogens with two attached hydrogens (primary N) is 1. The van der Waals surface area contributed by atoms with E-state index in [0.717, 1.165) is 17.7 Å². The molecule has 1 aromatic heterocycles. The summed E-state index contributed by atoms with van der Waals surface area (Å²) in [5, 5.41) is 2.84. The minimum atomic E-state index is -4.45. The van der Waals surface area contributed by atoms with E-state index in [1.807, 2.05) is 30.3 Å². The zero-order valence-corrected chi connectivity index (χ0v) is 10.4. The van der Waals surface area contributed by atoms with E-state index in [0.29, 0.717) is 6.54 Å². The summed E-state index contributed by atoms with van der Waals surface area (Å²) < 4.78 is 38.2. The first kappa shape index (κ1) is 14.1. The van der Waals surface area contributed by atoms with Crippen LogP contribution in [0.3, 0.4) is 0 Å². The minimum absolute atomic E-state index is 0.0459. The van der Waals surface area contributed by atoms with Crippen molar-refractivity contribution in [3.8, 4) is 0 Å². The smallest absolute Gasteiger partial charge is 0.366 e. The van der Waals surface area contributed by atoms with Gasteiger partial charge in [-0.25, -0.2) is 10.8 Å². The van der Waals surface area contributed by atoms with Gasteiger partial charge in [-0.15, -0.1) is 0 Å². The van der Waals surface area contributed by atoms with Crippen LogP contribution in [0.1, 0.15) is 11.1 Å². The van der Waals surface area contributed by atoms with Crippen LogP contribution in [0.4, 0.5) is 24.8 Å². The third kappa shape index (κ3) is 3.61. The Balaban J connectivity index is 2.19. The van der Waals surface area contributed by atoms with Crippen molar-refractivity contribution in [2.75, 3.05) is 10.7 Å². The Kier molecular flexibility index (Phi) is 4.09. The Bertz CT molecular complexity index is 570. The number of benzene rings is 1. The predicted octanol–water partition coefficient (Wildman–Crippen LogP) is 3.00. The van der Waals surface area contributed by atoms with Crippen molar-refractivity contribution in [1.82, 2.24) is 4.98 Å². The number of nitrogens with one attached hydrogen (secondary N) is 2. The van der Waals surface area contributed by atoms with E-state index in [2.05, 4.69) is 15.7 Å². The number of anilines is 2. The summed E-state index contributed by atoms with van der Waals surface area (Å²) in [6, 6.07) is 11.1. The van der Waals surface area contributed by atoms with Gasteiger partial charge in [-0.2, -0.15) is 13.2 Å². The molecule has 2 rings (SSSR count). The molecule has 0 radical (unpaired) electrons. The van der Waals surface area contributed by atoms with Gasteiger partial charge >= 0.3 is 6.18 Å². The molecular weight excluding hydrogens is 269 g/mol. The third-order valence-electron chi connectivity index (χ3n) is 2.62. The largest absolute Gasteiger partial charge is 0.416 e. The van der Waals surface area contributed by atoms with Crippen LogP contribution in [0, 0.1) is 0 Å². The molecule has 0 saturated carbocycles. The van der Waals surface area contributed by atoms with Gasteiger partial charge in [-0.05, 0) is 17.7 Å². The maximum Gasteiger partial charge on any atom is 0.416 e. The molecule has 0 bridgehead atoms. The summed E-state index contributed by atoms with van der Waals surface area (Å²) in [4.78, 5) is 3.93. The van der Waals surface area contributed by atoms with Gasteiger partial charge < -0.3 is 10.7 Å². The van der Waals surface area contributed by atoms with Crippen LogP contribution in [0.2, 0.25) is 0 Å². The molecular formula is C13H13F3N4. The number of hydrogen-bond acceptors (Lipinski definition) is 4. The second-order valence-electron chi connectivity index (χ2n) is 4.11. The quantitative estimate of drug-likeness (QED) is 0.596. The van der Waals surface area contributed by atoms with E-state index in [1.54, 1.807) is 0 Å². The zero-order valence-electron chi connectivity index (χ0n) is 10.4. The molecule has 7 heteroatoms. The van der Waals surface area contributed by atoms with Crippen LogP contribution in [0.25, 0.3) is 0 Å². The van der Waals surface area contributed by atoms with E-state index in [1.165, 1.54) is 0 Å². The van der Waals surface area contributed by atoms with Gasteiger partial charge in [-0.1, -0.05) is 30.3 Å². The first-order valence-electron chi connectivity index (χ1n) is 5.83. The van der Waals surface area contributed by atoms with E-state index in [-0.39, 0.29) is 11.6 Å². The molecule has 0 unspecified atom stereocenters. The molecule has 4 nitrogen and oxygen atoms in total. The Morgan fingerprint density at radius 1 is 1.05 bits per heavy atom. The van der Waals surface area contributed by atoms with E-state index in [4.69, 9.17) is 5.84 Å². The highest BCUT2D eigenvalue weighted by Crippen LogP contribution is 2.31. The highest BCUT2D eigenvalue weighted by molar-refractivity contribution is 5.49. The number of aromatic nitrogens is 1. The minimum Gasteiger partial charge on any atom is -0.366 e. The van der Waals surface area contributed by atoms with E-state index in [9.17, 15) is 13.2 Å². The van der Waals surface area contributed by atoms with Gasteiger partial charge in [0.2, 0.25) is 0 Å². The van der Waals surface area contributed by atoms with Crippen molar-refractivity contribution in [2.45, 2.75) is 12.7 Å². The number of rotatable bonds is 4. The summed E-state index contributed by atoms with van der Waals surface area (Å²) in [6.45, 7) is 0.374. The van der Waals surface area contributed by atoms with Crippen molar-refractivity contribution < 1.29 is 13.2 Å². The number of pyridine rings is 1. The maximum absolute atomic E-state index is 12.7. The highest BCUT2D eigenvalue weighted by atomic mass is 19.4.